The van der Waals surface area contributed by atoms with Crippen molar-refractivity contribution in [3.05, 3.63) is 17.5 Å². The molecule has 0 aliphatic heterocycles. The quantitative estimate of drug-likeness (QED) is 0.568. The van der Waals surface area contributed by atoms with Crippen LogP contribution in [-0.4, -0.2) is 35.2 Å². The Bertz CT molecular complexity index is 387. The summed E-state index contributed by atoms with van der Waals surface area (Å²) >= 11 is 0. The van der Waals surface area contributed by atoms with Gasteiger partial charge in [0.15, 0.2) is 0 Å². The second-order valence-electron chi connectivity index (χ2n) is 3.57. The lowest BCUT2D eigenvalue weighted by molar-refractivity contribution is -0.143. The molecule has 1 rings (SSSR count). The van der Waals surface area contributed by atoms with E-state index in [1.54, 1.807) is 13.8 Å². The molecule has 0 aromatic carbocycles. The molecule has 6 nitrogen and oxygen atoms in total. The van der Waals surface area contributed by atoms with Crippen LogP contribution in [0.5, 0.6) is 0 Å². The van der Waals surface area contributed by atoms with E-state index in [1.807, 2.05) is 0 Å². The first-order chi connectivity index (χ1) is 8.15. The Morgan fingerprint density at radius 1 is 1.53 bits per heavy atom. The van der Waals surface area contributed by atoms with Gasteiger partial charge in [0.2, 0.25) is 0 Å². The van der Waals surface area contributed by atoms with E-state index < -0.39 is 0 Å². The van der Waals surface area contributed by atoms with Crippen molar-refractivity contribution in [3.63, 3.8) is 0 Å². The third-order valence-electron chi connectivity index (χ3n) is 2.22. The SMILES string of the molecule is CCOC(=O)CCCNC(=O)c1cn[nH]c1C. The summed E-state index contributed by atoms with van der Waals surface area (Å²) in [5.41, 5.74) is 1.26. The van der Waals surface area contributed by atoms with E-state index in [1.165, 1.54) is 6.20 Å². The Kier molecular flexibility index (Phi) is 5.19. The first-order valence-electron chi connectivity index (χ1n) is 5.59. The number of aromatic amines is 1. The van der Waals surface area contributed by atoms with Gasteiger partial charge in [0.25, 0.3) is 5.91 Å². The van der Waals surface area contributed by atoms with Crippen molar-refractivity contribution < 1.29 is 14.3 Å². The van der Waals surface area contributed by atoms with E-state index in [2.05, 4.69) is 15.5 Å². The van der Waals surface area contributed by atoms with E-state index in [9.17, 15) is 9.59 Å². The smallest absolute Gasteiger partial charge is 0.305 e. The zero-order valence-corrected chi connectivity index (χ0v) is 10.1. The van der Waals surface area contributed by atoms with Crippen LogP contribution in [-0.2, 0) is 9.53 Å². The number of esters is 1. The molecular formula is C11H17N3O3. The molecule has 0 radical (unpaired) electrons. The van der Waals surface area contributed by atoms with Crippen molar-refractivity contribution in [1.82, 2.24) is 15.5 Å². The van der Waals surface area contributed by atoms with Crippen LogP contribution in [0.3, 0.4) is 0 Å². The van der Waals surface area contributed by atoms with E-state index in [0.29, 0.717) is 31.6 Å². The molecular weight excluding hydrogens is 222 g/mol. The number of aromatic nitrogens is 2. The number of amides is 1. The summed E-state index contributed by atoms with van der Waals surface area (Å²) in [6.07, 6.45) is 2.37. The van der Waals surface area contributed by atoms with Crippen molar-refractivity contribution in [2.45, 2.75) is 26.7 Å². The van der Waals surface area contributed by atoms with Crippen LogP contribution in [0, 0.1) is 6.92 Å². The maximum Gasteiger partial charge on any atom is 0.305 e. The fourth-order valence-electron chi connectivity index (χ4n) is 1.34. The average molecular weight is 239 g/mol. The molecule has 0 bridgehead atoms. The number of nitrogens with one attached hydrogen (secondary N) is 2. The number of rotatable bonds is 6. The van der Waals surface area contributed by atoms with Crippen LogP contribution < -0.4 is 5.32 Å². The highest BCUT2D eigenvalue weighted by Gasteiger charge is 2.10. The zero-order chi connectivity index (χ0) is 12.7. The maximum atomic E-state index is 11.6. The minimum atomic E-state index is -0.235. The molecule has 0 spiro atoms. The van der Waals surface area contributed by atoms with Crippen molar-refractivity contribution in [2.24, 2.45) is 0 Å². The van der Waals surface area contributed by atoms with E-state index in [4.69, 9.17) is 4.74 Å². The number of H-pyrrole nitrogens is 1. The van der Waals surface area contributed by atoms with Crippen LogP contribution in [0.2, 0.25) is 0 Å². The summed E-state index contributed by atoms with van der Waals surface area (Å²) in [6.45, 7) is 4.38. The molecule has 0 atom stereocenters. The van der Waals surface area contributed by atoms with Gasteiger partial charge in [-0.3, -0.25) is 14.7 Å². The van der Waals surface area contributed by atoms with Gasteiger partial charge in [-0.15, -0.1) is 0 Å². The standard InChI is InChI=1S/C11H17N3O3/c1-3-17-10(15)5-4-6-12-11(16)9-7-13-14-8(9)2/h7H,3-6H2,1-2H3,(H,12,16)(H,13,14). The summed E-state index contributed by atoms with van der Waals surface area (Å²) in [7, 11) is 0. The van der Waals surface area contributed by atoms with Crippen molar-refractivity contribution in [2.75, 3.05) is 13.2 Å². The highest BCUT2D eigenvalue weighted by atomic mass is 16.5. The summed E-state index contributed by atoms with van der Waals surface area (Å²) < 4.78 is 4.77. The number of carbonyl (C=O) groups is 2. The average Bonchev–Trinajstić information content (AvgIpc) is 2.71. The summed E-state index contributed by atoms with van der Waals surface area (Å²) in [5, 5.41) is 9.17. The number of aryl methyl sites for hydroxylation is 1. The lowest BCUT2D eigenvalue weighted by atomic mass is 10.2. The Balaban J connectivity index is 2.21. The number of carbonyl (C=O) groups excluding carboxylic acids is 2. The maximum absolute atomic E-state index is 11.6. The summed E-state index contributed by atoms with van der Waals surface area (Å²) in [6, 6.07) is 0. The van der Waals surface area contributed by atoms with Crippen LogP contribution in [0.15, 0.2) is 6.20 Å². The van der Waals surface area contributed by atoms with Gasteiger partial charge in [0.05, 0.1) is 18.4 Å². The molecule has 0 aliphatic rings. The monoisotopic (exact) mass is 239 g/mol. The predicted molar refractivity (Wildman–Crippen MR) is 61.5 cm³/mol. The number of hydrogen-bond donors (Lipinski definition) is 2. The fourth-order valence-corrected chi connectivity index (χ4v) is 1.34. The second-order valence-corrected chi connectivity index (χ2v) is 3.57. The molecule has 6 heteroatoms. The van der Waals surface area contributed by atoms with Crippen LogP contribution in [0.1, 0.15) is 35.8 Å². The Morgan fingerprint density at radius 2 is 2.29 bits per heavy atom. The van der Waals surface area contributed by atoms with Gasteiger partial charge in [0.1, 0.15) is 0 Å². The van der Waals surface area contributed by atoms with Crippen molar-refractivity contribution in [1.29, 1.82) is 0 Å². The molecule has 94 valence electrons. The van der Waals surface area contributed by atoms with E-state index in [0.717, 1.165) is 5.69 Å². The first-order valence-corrected chi connectivity index (χ1v) is 5.59. The summed E-state index contributed by atoms with van der Waals surface area (Å²) in [5.74, 6) is -0.415. The zero-order valence-electron chi connectivity index (χ0n) is 10.1. The normalized spacial score (nSPS) is 10.0. The van der Waals surface area contributed by atoms with Gasteiger partial charge in [-0.25, -0.2) is 0 Å². The Hall–Kier alpha value is -1.85. The lowest BCUT2D eigenvalue weighted by Crippen LogP contribution is -2.25. The predicted octanol–water partition coefficient (Wildman–Crippen LogP) is 0.791. The lowest BCUT2D eigenvalue weighted by Gasteiger charge is -2.04. The van der Waals surface area contributed by atoms with Crippen molar-refractivity contribution in [3.8, 4) is 0 Å². The second kappa shape index (κ2) is 6.67. The van der Waals surface area contributed by atoms with Gasteiger partial charge >= 0.3 is 5.97 Å². The molecule has 0 aliphatic carbocycles. The molecule has 0 unspecified atom stereocenters. The summed E-state index contributed by atoms with van der Waals surface area (Å²) in [4.78, 5) is 22.6. The Labute approximate surface area is 99.7 Å². The number of nitrogens with zero attached hydrogens (tertiary/aromatic N) is 1. The molecule has 17 heavy (non-hydrogen) atoms. The van der Waals surface area contributed by atoms with Gasteiger partial charge in [-0.1, -0.05) is 0 Å². The topological polar surface area (TPSA) is 84.1 Å². The highest BCUT2D eigenvalue weighted by molar-refractivity contribution is 5.94. The third-order valence-corrected chi connectivity index (χ3v) is 2.22. The molecule has 1 aromatic rings. The first kappa shape index (κ1) is 13.2. The molecule has 0 saturated heterocycles. The Morgan fingerprint density at radius 3 is 2.88 bits per heavy atom. The minimum absolute atomic E-state index is 0.180. The van der Waals surface area contributed by atoms with Gasteiger partial charge < -0.3 is 10.1 Å². The van der Waals surface area contributed by atoms with E-state index >= 15 is 0 Å². The molecule has 0 saturated carbocycles. The van der Waals surface area contributed by atoms with Gasteiger partial charge in [-0.2, -0.15) is 5.10 Å². The number of ether oxygens (including phenoxy) is 1. The number of hydrogen-bond acceptors (Lipinski definition) is 4. The largest absolute Gasteiger partial charge is 0.466 e. The third kappa shape index (κ3) is 4.26. The van der Waals surface area contributed by atoms with E-state index in [-0.39, 0.29) is 11.9 Å². The molecule has 1 amide bonds. The van der Waals surface area contributed by atoms with Gasteiger partial charge in [0, 0.05) is 18.7 Å². The molecule has 1 aromatic heterocycles. The van der Waals surface area contributed by atoms with Crippen LogP contribution >= 0.6 is 0 Å². The molecule has 1 heterocycles. The van der Waals surface area contributed by atoms with Crippen molar-refractivity contribution >= 4 is 11.9 Å². The minimum Gasteiger partial charge on any atom is -0.466 e. The van der Waals surface area contributed by atoms with Crippen LogP contribution in [0.25, 0.3) is 0 Å². The fraction of sp³-hybridized carbons (Fsp3) is 0.545. The highest BCUT2D eigenvalue weighted by Crippen LogP contribution is 2.01. The van der Waals surface area contributed by atoms with Gasteiger partial charge in [-0.05, 0) is 20.3 Å². The molecule has 2 N–H and O–H groups in total. The van der Waals surface area contributed by atoms with Crippen LogP contribution in [0.4, 0.5) is 0 Å². The molecule has 0 fully saturated rings.